The molecule has 5 nitrogen and oxygen atoms in total. The molecule has 0 aliphatic carbocycles. The summed E-state index contributed by atoms with van der Waals surface area (Å²) >= 11 is 0. The lowest BCUT2D eigenvalue weighted by atomic mass is 9.96. The van der Waals surface area contributed by atoms with E-state index in [4.69, 9.17) is 4.74 Å². The maximum Gasteiger partial charge on any atom is 0.331 e. The van der Waals surface area contributed by atoms with Crippen molar-refractivity contribution < 1.29 is 14.5 Å². The number of allylic oxidation sites excluding steroid dienone is 6. The second-order valence-electron chi connectivity index (χ2n) is 7.17. The molecule has 0 bridgehead atoms. The van der Waals surface area contributed by atoms with Gasteiger partial charge in [0, 0.05) is 17.2 Å². The Hall–Kier alpha value is -2.95. The molecule has 0 heterocycles. The average Bonchev–Trinajstić information content (AvgIpc) is 2.60. The van der Waals surface area contributed by atoms with Crippen LogP contribution in [0.15, 0.2) is 47.6 Å². The van der Waals surface area contributed by atoms with Gasteiger partial charge in [0.15, 0.2) is 0 Å². The zero-order valence-corrected chi connectivity index (χ0v) is 18.2. The van der Waals surface area contributed by atoms with E-state index < -0.39 is 0 Å². The van der Waals surface area contributed by atoms with Crippen molar-refractivity contribution >= 4 is 17.7 Å². The zero-order chi connectivity index (χ0) is 22.0. The van der Waals surface area contributed by atoms with Gasteiger partial charge < -0.3 is 4.74 Å². The minimum Gasteiger partial charge on any atom is -0.463 e. The molecule has 0 unspecified atom stereocenters. The molecule has 0 radical (unpaired) electrons. The smallest absolute Gasteiger partial charge is 0.331 e. The summed E-state index contributed by atoms with van der Waals surface area (Å²) < 4.78 is 5.10. The van der Waals surface area contributed by atoms with E-state index in [9.17, 15) is 14.9 Å². The van der Waals surface area contributed by atoms with Crippen molar-refractivity contribution in [2.45, 2.75) is 54.4 Å². The van der Waals surface area contributed by atoms with E-state index in [0.29, 0.717) is 17.7 Å². The van der Waals surface area contributed by atoms with Gasteiger partial charge in [0.2, 0.25) is 0 Å². The van der Waals surface area contributed by atoms with Crippen molar-refractivity contribution in [3.05, 3.63) is 80.0 Å². The number of benzene rings is 1. The van der Waals surface area contributed by atoms with Crippen molar-refractivity contribution in [3.63, 3.8) is 0 Å². The summed E-state index contributed by atoms with van der Waals surface area (Å²) in [7, 11) is 0. The van der Waals surface area contributed by atoms with Crippen LogP contribution in [0.1, 0.15) is 55.9 Å². The van der Waals surface area contributed by atoms with Crippen LogP contribution in [-0.2, 0) is 9.53 Å². The van der Waals surface area contributed by atoms with Crippen molar-refractivity contribution in [2.24, 2.45) is 0 Å². The van der Waals surface area contributed by atoms with Gasteiger partial charge in [0.05, 0.1) is 11.5 Å². The van der Waals surface area contributed by atoms with Crippen LogP contribution in [0, 0.1) is 30.9 Å². The standard InChI is InChI=1S/C24H31NO4/c1-7-8-14-29-23(26)15-18(3)11-9-10-17(2)12-13-22-19(4)16-20(5)24(21(22)6)25(27)28/h9-13,15-16H,7-8,14H2,1-6H3/b11-9+,13-12+,17-10+,18-15+. The van der Waals surface area contributed by atoms with Crippen LogP contribution >= 0.6 is 0 Å². The quantitative estimate of drug-likeness (QED) is 0.122. The van der Waals surface area contributed by atoms with Crippen LogP contribution in [-0.4, -0.2) is 17.5 Å². The van der Waals surface area contributed by atoms with Crippen LogP contribution in [0.2, 0.25) is 0 Å². The summed E-state index contributed by atoms with van der Waals surface area (Å²) in [6.45, 7) is 11.8. The molecular weight excluding hydrogens is 366 g/mol. The lowest BCUT2D eigenvalue weighted by molar-refractivity contribution is -0.386. The van der Waals surface area contributed by atoms with Gasteiger partial charge in [-0.2, -0.15) is 0 Å². The fourth-order valence-electron chi connectivity index (χ4n) is 2.94. The molecule has 29 heavy (non-hydrogen) atoms. The maximum atomic E-state index is 11.6. The number of hydrogen-bond donors (Lipinski definition) is 0. The third-order valence-corrected chi connectivity index (χ3v) is 4.49. The number of nitrogens with zero attached hydrogens (tertiary/aromatic N) is 1. The van der Waals surface area contributed by atoms with Crippen molar-refractivity contribution in [1.29, 1.82) is 0 Å². The number of esters is 1. The van der Waals surface area contributed by atoms with Gasteiger partial charge in [-0.3, -0.25) is 10.1 Å². The maximum absolute atomic E-state index is 11.6. The Morgan fingerprint density at radius 2 is 1.83 bits per heavy atom. The molecule has 5 heteroatoms. The predicted octanol–water partition coefficient (Wildman–Crippen LogP) is 6.33. The van der Waals surface area contributed by atoms with Gasteiger partial charge in [-0.15, -0.1) is 0 Å². The van der Waals surface area contributed by atoms with Gasteiger partial charge in [-0.1, -0.05) is 49.3 Å². The molecule has 1 aromatic carbocycles. The first kappa shape index (κ1) is 24.1. The summed E-state index contributed by atoms with van der Waals surface area (Å²) in [6, 6.07) is 1.84. The number of carbonyl (C=O) groups is 1. The highest BCUT2D eigenvalue weighted by Gasteiger charge is 2.18. The van der Waals surface area contributed by atoms with E-state index >= 15 is 0 Å². The summed E-state index contributed by atoms with van der Waals surface area (Å²) in [5, 5.41) is 11.3. The van der Waals surface area contributed by atoms with E-state index in [0.717, 1.165) is 35.1 Å². The molecule has 0 aromatic heterocycles. The van der Waals surface area contributed by atoms with Gasteiger partial charge in [-0.05, 0) is 63.8 Å². The van der Waals surface area contributed by atoms with E-state index in [2.05, 4.69) is 0 Å². The fraction of sp³-hybridized carbons (Fsp3) is 0.375. The third-order valence-electron chi connectivity index (χ3n) is 4.49. The van der Waals surface area contributed by atoms with Gasteiger partial charge in [-0.25, -0.2) is 4.79 Å². The lowest BCUT2D eigenvalue weighted by Crippen LogP contribution is -2.02. The van der Waals surface area contributed by atoms with Gasteiger partial charge >= 0.3 is 5.97 Å². The Kier molecular flexibility index (Phi) is 9.80. The first-order chi connectivity index (χ1) is 13.7. The minimum atomic E-state index is -0.326. The van der Waals surface area contributed by atoms with Crippen LogP contribution < -0.4 is 0 Å². The molecule has 0 amide bonds. The highest BCUT2D eigenvalue weighted by atomic mass is 16.6. The van der Waals surface area contributed by atoms with Crippen molar-refractivity contribution in [1.82, 2.24) is 0 Å². The third kappa shape index (κ3) is 7.90. The van der Waals surface area contributed by atoms with Crippen molar-refractivity contribution in [3.8, 4) is 0 Å². The summed E-state index contributed by atoms with van der Waals surface area (Å²) in [5.41, 5.74) is 5.18. The number of aryl methyl sites for hydroxylation is 2. The Labute approximate surface area is 173 Å². The number of hydrogen-bond acceptors (Lipinski definition) is 4. The van der Waals surface area contributed by atoms with E-state index in [1.165, 1.54) is 6.08 Å². The first-order valence-corrected chi connectivity index (χ1v) is 9.80. The Balaban J connectivity index is 2.87. The summed E-state index contributed by atoms with van der Waals surface area (Å²) in [5.74, 6) is -0.326. The molecule has 1 rings (SSSR count). The molecule has 1 aromatic rings. The van der Waals surface area contributed by atoms with Crippen LogP contribution in [0.4, 0.5) is 5.69 Å². The second-order valence-corrected chi connectivity index (χ2v) is 7.17. The Morgan fingerprint density at radius 1 is 1.14 bits per heavy atom. The number of carbonyl (C=O) groups excluding carboxylic acids is 1. The molecule has 0 N–H and O–H groups in total. The molecule has 0 aliphatic heterocycles. The molecule has 0 spiro atoms. The lowest BCUT2D eigenvalue weighted by Gasteiger charge is -2.09. The van der Waals surface area contributed by atoms with Crippen LogP contribution in [0.25, 0.3) is 6.08 Å². The zero-order valence-electron chi connectivity index (χ0n) is 18.2. The molecule has 0 saturated heterocycles. The largest absolute Gasteiger partial charge is 0.463 e. The monoisotopic (exact) mass is 397 g/mol. The number of unbranched alkanes of at least 4 members (excludes halogenated alkanes) is 1. The molecule has 0 atom stereocenters. The van der Waals surface area contributed by atoms with Gasteiger partial charge in [0.25, 0.3) is 5.69 Å². The molecule has 0 fully saturated rings. The summed E-state index contributed by atoms with van der Waals surface area (Å²) in [4.78, 5) is 22.6. The topological polar surface area (TPSA) is 69.4 Å². The Bertz CT molecular complexity index is 873. The highest BCUT2D eigenvalue weighted by molar-refractivity contribution is 5.83. The van der Waals surface area contributed by atoms with E-state index in [1.807, 2.05) is 64.1 Å². The molecule has 0 saturated carbocycles. The van der Waals surface area contributed by atoms with Crippen LogP contribution in [0.5, 0.6) is 0 Å². The molecule has 156 valence electrons. The highest BCUT2D eigenvalue weighted by Crippen LogP contribution is 2.29. The minimum absolute atomic E-state index is 0.170. The van der Waals surface area contributed by atoms with Crippen molar-refractivity contribution in [2.75, 3.05) is 6.61 Å². The second kappa shape index (κ2) is 11.8. The summed E-state index contributed by atoms with van der Waals surface area (Å²) in [6.07, 6.45) is 12.8. The molecular formula is C24H31NO4. The Morgan fingerprint density at radius 3 is 2.45 bits per heavy atom. The first-order valence-electron chi connectivity index (χ1n) is 9.80. The predicted molar refractivity (Wildman–Crippen MR) is 119 cm³/mol. The number of nitro benzene ring substituents is 1. The number of rotatable bonds is 9. The number of nitro groups is 1. The average molecular weight is 398 g/mol. The van der Waals surface area contributed by atoms with Crippen LogP contribution in [0.3, 0.4) is 0 Å². The molecule has 0 aliphatic rings. The normalized spacial score (nSPS) is 12.8. The van der Waals surface area contributed by atoms with E-state index in [1.54, 1.807) is 13.8 Å². The number of ether oxygens (including phenoxy) is 1. The fourth-order valence-corrected chi connectivity index (χ4v) is 2.94. The van der Waals surface area contributed by atoms with E-state index in [-0.39, 0.29) is 16.6 Å². The SMILES string of the molecule is CCCCOC(=O)/C=C(C)/C=C/C=C(C)/C=C/c1c(C)cc(C)c([N+](=O)[O-])c1C. The van der Waals surface area contributed by atoms with Gasteiger partial charge in [0.1, 0.15) is 0 Å².